The lowest BCUT2D eigenvalue weighted by Crippen LogP contribution is -2.29. The van der Waals surface area contributed by atoms with Crippen molar-refractivity contribution < 1.29 is 24.2 Å². The summed E-state index contributed by atoms with van der Waals surface area (Å²) >= 11 is 6.16. The Morgan fingerprint density at radius 2 is 1.72 bits per heavy atom. The average molecular weight is 448 g/mol. The van der Waals surface area contributed by atoms with Gasteiger partial charge in [0.25, 0.3) is 0 Å². The molecule has 7 heteroatoms. The summed E-state index contributed by atoms with van der Waals surface area (Å²) in [5.41, 5.74) is 4.81. The zero-order chi connectivity index (χ0) is 22.4. The van der Waals surface area contributed by atoms with E-state index in [0.717, 1.165) is 22.4 Å². The molecule has 0 radical (unpaired) electrons. The molecule has 0 bridgehead atoms. The maximum Gasteiger partial charge on any atom is 0.336 e. The number of fused-ring (bicyclic) bond motifs is 3. The predicted octanol–water partition coefficient (Wildman–Crippen LogP) is 5.47. The van der Waals surface area contributed by atoms with Crippen molar-refractivity contribution in [2.24, 2.45) is 0 Å². The molecule has 1 amide bonds. The third-order valence-electron chi connectivity index (χ3n) is 5.63. The van der Waals surface area contributed by atoms with E-state index in [4.69, 9.17) is 21.1 Å². The summed E-state index contributed by atoms with van der Waals surface area (Å²) in [5.74, 6) is -0.234. The van der Waals surface area contributed by atoms with Crippen LogP contribution in [0.5, 0.6) is 11.5 Å². The lowest BCUT2D eigenvalue weighted by molar-refractivity contribution is -0.116. The summed E-state index contributed by atoms with van der Waals surface area (Å²) in [5, 5.41) is 10.3. The predicted molar refractivity (Wildman–Crippen MR) is 122 cm³/mol. The van der Waals surface area contributed by atoms with Crippen LogP contribution in [0.25, 0.3) is 23.3 Å². The Morgan fingerprint density at radius 1 is 0.969 bits per heavy atom. The van der Waals surface area contributed by atoms with Gasteiger partial charge < -0.3 is 19.5 Å². The Balaban J connectivity index is 1.65. The molecule has 0 unspecified atom stereocenters. The number of rotatable bonds is 2. The first kappa shape index (κ1) is 20.2. The van der Waals surface area contributed by atoms with Crippen LogP contribution in [0.3, 0.4) is 0 Å². The minimum Gasteiger partial charge on any atom is -0.478 e. The van der Waals surface area contributed by atoms with Crippen molar-refractivity contribution in [1.82, 2.24) is 0 Å². The average Bonchev–Trinajstić information content (AvgIpc) is 3.22. The molecule has 6 nitrogen and oxygen atoms in total. The van der Waals surface area contributed by atoms with Gasteiger partial charge in [-0.1, -0.05) is 35.9 Å². The largest absolute Gasteiger partial charge is 0.478 e. The molecule has 2 aliphatic heterocycles. The van der Waals surface area contributed by atoms with Gasteiger partial charge in [0.05, 0.1) is 17.8 Å². The fourth-order valence-electron chi connectivity index (χ4n) is 4.05. The van der Waals surface area contributed by atoms with Crippen molar-refractivity contribution in [2.45, 2.75) is 13.5 Å². The van der Waals surface area contributed by atoms with Crippen molar-refractivity contribution in [3.05, 3.63) is 75.8 Å². The number of hydrogen-bond donors (Lipinski definition) is 1. The van der Waals surface area contributed by atoms with E-state index in [0.29, 0.717) is 34.2 Å². The molecule has 2 aliphatic rings. The highest BCUT2D eigenvalue weighted by Crippen LogP contribution is 2.40. The molecular formula is C25H18ClNO5. The third kappa shape index (κ3) is 3.48. The van der Waals surface area contributed by atoms with Crippen LogP contribution in [-0.4, -0.2) is 23.8 Å². The molecular weight excluding hydrogens is 430 g/mol. The number of halogens is 1. The first-order valence-electron chi connectivity index (χ1n) is 9.96. The second-order valence-electron chi connectivity index (χ2n) is 7.61. The van der Waals surface area contributed by atoms with Crippen LogP contribution < -0.4 is 14.4 Å². The fraction of sp³-hybridized carbons (Fsp3) is 0.120. The standard InChI is InChI=1S/C25H18ClNO5/c1-14(28)27-12-18-8-16(20-10-23-24(32-13-31-23)11-21(20)25(29)30)4-2-15(18)3-5-17-9-19(26)6-7-22(17)27/h2-11H,12-13H2,1H3,(H,29,30). The number of nitrogens with zero attached hydrogens (tertiary/aromatic N) is 1. The van der Waals surface area contributed by atoms with E-state index < -0.39 is 5.97 Å². The van der Waals surface area contributed by atoms with Crippen LogP contribution in [0.15, 0.2) is 48.5 Å². The smallest absolute Gasteiger partial charge is 0.336 e. The van der Waals surface area contributed by atoms with Gasteiger partial charge in [-0.25, -0.2) is 4.79 Å². The normalized spacial score (nSPS) is 13.8. The number of anilines is 1. The monoisotopic (exact) mass is 447 g/mol. The minimum atomic E-state index is -1.05. The number of benzene rings is 3. The zero-order valence-electron chi connectivity index (χ0n) is 17.1. The maximum atomic E-state index is 12.5. The van der Waals surface area contributed by atoms with Crippen molar-refractivity contribution >= 4 is 41.3 Å². The number of carbonyl (C=O) groups excluding carboxylic acids is 1. The van der Waals surface area contributed by atoms with Gasteiger partial charge in [-0.3, -0.25) is 4.79 Å². The van der Waals surface area contributed by atoms with E-state index >= 15 is 0 Å². The maximum absolute atomic E-state index is 12.5. The van der Waals surface area contributed by atoms with Gasteiger partial charge >= 0.3 is 5.97 Å². The molecule has 0 spiro atoms. The first-order valence-corrected chi connectivity index (χ1v) is 10.3. The van der Waals surface area contributed by atoms with Gasteiger partial charge in [-0.05, 0) is 58.7 Å². The second kappa shape index (κ2) is 7.73. The molecule has 1 N–H and O–H groups in total. The number of hydrogen-bond acceptors (Lipinski definition) is 4. The van der Waals surface area contributed by atoms with Crippen LogP contribution in [0, 0.1) is 0 Å². The van der Waals surface area contributed by atoms with Crippen LogP contribution in [0.4, 0.5) is 5.69 Å². The SMILES string of the molecule is CC(=O)N1Cc2cc(-c3cc4c(cc3C(=O)O)OCO4)ccc2C=Cc2cc(Cl)ccc21. The van der Waals surface area contributed by atoms with Crippen LogP contribution in [0.1, 0.15) is 34.0 Å². The molecule has 0 aromatic heterocycles. The number of ether oxygens (including phenoxy) is 2. The van der Waals surface area contributed by atoms with E-state index in [1.165, 1.54) is 13.0 Å². The molecule has 2 heterocycles. The quantitative estimate of drug-likeness (QED) is 0.563. The van der Waals surface area contributed by atoms with Gasteiger partial charge in [-0.2, -0.15) is 0 Å². The molecule has 160 valence electrons. The Morgan fingerprint density at radius 3 is 2.47 bits per heavy atom. The number of amides is 1. The van der Waals surface area contributed by atoms with E-state index in [1.807, 2.05) is 42.5 Å². The summed E-state index contributed by atoms with van der Waals surface area (Å²) in [7, 11) is 0. The number of carboxylic acid groups (broad SMARTS) is 1. The Hall–Kier alpha value is -3.77. The molecule has 0 saturated carbocycles. The molecule has 0 fully saturated rings. The fourth-order valence-corrected chi connectivity index (χ4v) is 4.23. The topological polar surface area (TPSA) is 76.1 Å². The van der Waals surface area contributed by atoms with Crippen LogP contribution >= 0.6 is 11.6 Å². The highest BCUT2D eigenvalue weighted by atomic mass is 35.5. The van der Waals surface area contributed by atoms with Crippen LogP contribution in [-0.2, 0) is 11.3 Å². The lowest BCUT2D eigenvalue weighted by atomic mass is 9.93. The van der Waals surface area contributed by atoms with E-state index in [2.05, 4.69) is 0 Å². The van der Waals surface area contributed by atoms with Gasteiger partial charge in [0.1, 0.15) is 0 Å². The Bertz CT molecular complexity index is 1310. The summed E-state index contributed by atoms with van der Waals surface area (Å²) in [4.78, 5) is 26.1. The molecule has 0 saturated heterocycles. The van der Waals surface area contributed by atoms with E-state index in [9.17, 15) is 14.7 Å². The molecule has 3 aromatic carbocycles. The summed E-state index contributed by atoms with van der Waals surface area (Å²) in [6.07, 6.45) is 3.90. The highest BCUT2D eigenvalue weighted by molar-refractivity contribution is 6.30. The Labute approximate surface area is 189 Å². The van der Waals surface area contributed by atoms with Gasteiger partial charge in [0, 0.05) is 17.5 Å². The molecule has 32 heavy (non-hydrogen) atoms. The van der Waals surface area contributed by atoms with Crippen molar-refractivity contribution in [3.8, 4) is 22.6 Å². The second-order valence-corrected chi connectivity index (χ2v) is 8.05. The van der Waals surface area contributed by atoms with Crippen molar-refractivity contribution in [3.63, 3.8) is 0 Å². The minimum absolute atomic E-state index is 0.0594. The Kier molecular flexibility index (Phi) is 4.87. The third-order valence-corrected chi connectivity index (χ3v) is 5.86. The molecule has 3 aromatic rings. The molecule has 5 rings (SSSR count). The van der Waals surface area contributed by atoms with Gasteiger partial charge in [0.15, 0.2) is 11.5 Å². The number of carbonyl (C=O) groups is 2. The van der Waals surface area contributed by atoms with Gasteiger partial charge in [0.2, 0.25) is 12.7 Å². The first-order chi connectivity index (χ1) is 15.4. The van der Waals surface area contributed by atoms with E-state index in [1.54, 1.807) is 17.0 Å². The summed E-state index contributed by atoms with van der Waals surface area (Å²) < 4.78 is 10.8. The summed E-state index contributed by atoms with van der Waals surface area (Å²) in [6.45, 7) is 1.92. The van der Waals surface area contributed by atoms with Crippen LogP contribution in [0.2, 0.25) is 5.02 Å². The number of carboxylic acids is 1. The van der Waals surface area contributed by atoms with Crippen molar-refractivity contribution in [1.29, 1.82) is 0 Å². The van der Waals surface area contributed by atoms with E-state index in [-0.39, 0.29) is 18.3 Å². The van der Waals surface area contributed by atoms with Gasteiger partial charge in [-0.15, -0.1) is 0 Å². The molecule has 0 aliphatic carbocycles. The number of aromatic carboxylic acids is 1. The lowest BCUT2D eigenvalue weighted by Gasteiger charge is -2.26. The molecule has 0 atom stereocenters. The zero-order valence-corrected chi connectivity index (χ0v) is 17.8. The van der Waals surface area contributed by atoms with Crippen molar-refractivity contribution in [2.75, 3.05) is 11.7 Å². The summed E-state index contributed by atoms with van der Waals surface area (Å²) in [6, 6.07) is 14.3. The highest BCUT2D eigenvalue weighted by Gasteiger charge is 2.23.